The molecule has 2 aromatic carbocycles. The number of rotatable bonds is 6. The Bertz CT molecular complexity index is 785. The van der Waals surface area contributed by atoms with Gasteiger partial charge in [-0.25, -0.2) is 8.78 Å². The number of halogens is 2. The van der Waals surface area contributed by atoms with E-state index in [1.54, 1.807) is 12.1 Å². The van der Waals surface area contributed by atoms with Crippen molar-refractivity contribution in [2.75, 3.05) is 21.3 Å². The SMILES string of the molecule is COc1cc(OC)c(OC)cc1/C=C/C(=O)c1ccc(F)cc1F. The number of methoxy groups -OCH3 is 3. The first kappa shape index (κ1) is 17.5. The first-order chi connectivity index (χ1) is 11.5. The van der Waals surface area contributed by atoms with Crippen molar-refractivity contribution < 1.29 is 27.8 Å². The molecule has 126 valence electrons. The summed E-state index contributed by atoms with van der Waals surface area (Å²) in [5.41, 5.74) is 0.332. The molecular weight excluding hydrogens is 318 g/mol. The zero-order valence-corrected chi connectivity index (χ0v) is 13.4. The van der Waals surface area contributed by atoms with Crippen molar-refractivity contribution in [2.24, 2.45) is 0 Å². The van der Waals surface area contributed by atoms with Gasteiger partial charge in [0.15, 0.2) is 17.3 Å². The molecule has 0 spiro atoms. The lowest BCUT2D eigenvalue weighted by Crippen LogP contribution is -1.99. The Labute approximate surface area is 138 Å². The Morgan fingerprint density at radius 1 is 0.917 bits per heavy atom. The van der Waals surface area contributed by atoms with E-state index in [-0.39, 0.29) is 5.56 Å². The lowest BCUT2D eigenvalue weighted by atomic mass is 10.1. The molecule has 0 heterocycles. The molecule has 0 saturated carbocycles. The van der Waals surface area contributed by atoms with Crippen LogP contribution in [0.3, 0.4) is 0 Å². The van der Waals surface area contributed by atoms with Crippen LogP contribution in [0.4, 0.5) is 8.78 Å². The van der Waals surface area contributed by atoms with Crippen LogP contribution in [0.5, 0.6) is 17.2 Å². The fraction of sp³-hybridized carbons (Fsp3) is 0.167. The molecular formula is C18H16F2O4. The second-order valence-electron chi connectivity index (χ2n) is 4.77. The molecule has 0 aliphatic carbocycles. The van der Waals surface area contributed by atoms with Crippen LogP contribution in [-0.4, -0.2) is 27.1 Å². The highest BCUT2D eigenvalue weighted by Crippen LogP contribution is 2.35. The van der Waals surface area contributed by atoms with Crippen LogP contribution in [0, 0.1) is 11.6 Å². The maximum atomic E-state index is 13.6. The van der Waals surface area contributed by atoms with Crippen molar-refractivity contribution in [2.45, 2.75) is 0 Å². The Morgan fingerprint density at radius 3 is 2.12 bits per heavy atom. The summed E-state index contributed by atoms with van der Waals surface area (Å²) in [6, 6.07) is 6.03. The number of ketones is 1. The van der Waals surface area contributed by atoms with Gasteiger partial charge < -0.3 is 14.2 Å². The van der Waals surface area contributed by atoms with Crippen LogP contribution in [0.25, 0.3) is 6.08 Å². The minimum atomic E-state index is -0.913. The zero-order valence-electron chi connectivity index (χ0n) is 13.4. The molecule has 6 heteroatoms. The van der Waals surface area contributed by atoms with Gasteiger partial charge in [-0.15, -0.1) is 0 Å². The average molecular weight is 334 g/mol. The minimum absolute atomic E-state index is 0.216. The van der Waals surface area contributed by atoms with E-state index in [9.17, 15) is 13.6 Å². The van der Waals surface area contributed by atoms with E-state index in [2.05, 4.69) is 0 Å². The van der Waals surface area contributed by atoms with Crippen LogP contribution in [0.15, 0.2) is 36.4 Å². The molecule has 0 amide bonds. The van der Waals surface area contributed by atoms with Gasteiger partial charge in [0.25, 0.3) is 0 Å². The second-order valence-corrected chi connectivity index (χ2v) is 4.77. The molecule has 0 saturated heterocycles. The van der Waals surface area contributed by atoms with Crippen molar-refractivity contribution in [1.82, 2.24) is 0 Å². The lowest BCUT2D eigenvalue weighted by Gasteiger charge is -2.12. The molecule has 0 aromatic heterocycles. The van der Waals surface area contributed by atoms with E-state index in [1.807, 2.05) is 0 Å². The highest BCUT2D eigenvalue weighted by Gasteiger charge is 2.12. The van der Waals surface area contributed by atoms with Crippen molar-refractivity contribution >= 4 is 11.9 Å². The molecule has 2 aromatic rings. The molecule has 0 bridgehead atoms. The first-order valence-corrected chi connectivity index (χ1v) is 6.97. The van der Waals surface area contributed by atoms with Gasteiger partial charge in [0.2, 0.25) is 0 Å². The molecule has 0 unspecified atom stereocenters. The van der Waals surface area contributed by atoms with Gasteiger partial charge in [-0.2, -0.15) is 0 Å². The Morgan fingerprint density at radius 2 is 1.54 bits per heavy atom. The largest absolute Gasteiger partial charge is 0.496 e. The smallest absolute Gasteiger partial charge is 0.188 e. The number of hydrogen-bond donors (Lipinski definition) is 0. The summed E-state index contributed by atoms with van der Waals surface area (Å²) in [5.74, 6) is -0.861. The third kappa shape index (κ3) is 3.71. The van der Waals surface area contributed by atoms with Gasteiger partial charge in [-0.3, -0.25) is 4.79 Å². The monoisotopic (exact) mass is 334 g/mol. The summed E-state index contributed by atoms with van der Waals surface area (Å²) >= 11 is 0. The summed E-state index contributed by atoms with van der Waals surface area (Å²) in [6.45, 7) is 0. The third-order valence-corrected chi connectivity index (χ3v) is 3.35. The molecule has 4 nitrogen and oxygen atoms in total. The summed E-state index contributed by atoms with van der Waals surface area (Å²) in [5, 5.41) is 0. The first-order valence-electron chi connectivity index (χ1n) is 6.97. The number of benzene rings is 2. The third-order valence-electron chi connectivity index (χ3n) is 3.35. The number of ether oxygens (including phenoxy) is 3. The Hall–Kier alpha value is -2.89. The Kier molecular flexibility index (Phi) is 5.52. The van der Waals surface area contributed by atoms with E-state index in [4.69, 9.17) is 14.2 Å². The standard InChI is InChI=1S/C18H16F2O4/c1-22-16-10-18(24-3)17(23-2)8-11(16)4-7-15(21)13-6-5-12(19)9-14(13)20/h4-10H,1-3H3/b7-4+. The average Bonchev–Trinajstić information content (AvgIpc) is 2.58. The number of allylic oxidation sites excluding steroid dienone is 1. The van der Waals surface area contributed by atoms with Gasteiger partial charge in [0, 0.05) is 17.7 Å². The summed E-state index contributed by atoms with van der Waals surface area (Å²) in [7, 11) is 4.45. The fourth-order valence-corrected chi connectivity index (χ4v) is 2.13. The van der Waals surface area contributed by atoms with Gasteiger partial charge >= 0.3 is 0 Å². The molecule has 0 N–H and O–H groups in total. The molecule has 0 aliphatic heterocycles. The van der Waals surface area contributed by atoms with Crippen molar-refractivity contribution in [3.05, 3.63) is 59.2 Å². The summed E-state index contributed by atoms with van der Waals surface area (Å²) in [4.78, 5) is 12.1. The summed E-state index contributed by atoms with van der Waals surface area (Å²) < 4.78 is 42.2. The molecule has 2 rings (SSSR count). The fourth-order valence-electron chi connectivity index (χ4n) is 2.13. The van der Waals surface area contributed by atoms with Crippen LogP contribution in [-0.2, 0) is 0 Å². The van der Waals surface area contributed by atoms with Gasteiger partial charge in [0.05, 0.1) is 26.9 Å². The maximum Gasteiger partial charge on any atom is 0.188 e. The van der Waals surface area contributed by atoms with Gasteiger partial charge in [-0.05, 0) is 30.4 Å². The number of carbonyl (C=O) groups excluding carboxylic acids is 1. The molecule has 0 atom stereocenters. The van der Waals surface area contributed by atoms with Crippen LogP contribution in [0.2, 0.25) is 0 Å². The predicted molar refractivity (Wildman–Crippen MR) is 85.8 cm³/mol. The van der Waals surface area contributed by atoms with Gasteiger partial charge in [0.1, 0.15) is 17.4 Å². The van der Waals surface area contributed by atoms with E-state index >= 15 is 0 Å². The van der Waals surface area contributed by atoms with Crippen LogP contribution < -0.4 is 14.2 Å². The van der Waals surface area contributed by atoms with Crippen molar-refractivity contribution in [3.63, 3.8) is 0 Å². The van der Waals surface area contributed by atoms with E-state index in [1.165, 1.54) is 33.5 Å². The zero-order chi connectivity index (χ0) is 17.7. The molecule has 0 fully saturated rings. The Balaban J connectivity index is 2.35. The molecule has 24 heavy (non-hydrogen) atoms. The topological polar surface area (TPSA) is 44.8 Å². The van der Waals surface area contributed by atoms with Crippen molar-refractivity contribution in [1.29, 1.82) is 0 Å². The van der Waals surface area contributed by atoms with E-state index in [0.717, 1.165) is 12.1 Å². The van der Waals surface area contributed by atoms with Crippen LogP contribution >= 0.6 is 0 Å². The maximum absolute atomic E-state index is 13.6. The predicted octanol–water partition coefficient (Wildman–Crippen LogP) is 3.89. The lowest BCUT2D eigenvalue weighted by molar-refractivity contribution is 0.104. The quantitative estimate of drug-likeness (QED) is 0.594. The highest BCUT2D eigenvalue weighted by atomic mass is 19.1. The van der Waals surface area contributed by atoms with E-state index in [0.29, 0.717) is 28.9 Å². The van der Waals surface area contributed by atoms with Crippen LogP contribution in [0.1, 0.15) is 15.9 Å². The normalized spacial score (nSPS) is 10.7. The van der Waals surface area contributed by atoms with Gasteiger partial charge in [-0.1, -0.05) is 0 Å². The number of hydrogen-bond acceptors (Lipinski definition) is 4. The summed E-state index contributed by atoms with van der Waals surface area (Å²) in [6.07, 6.45) is 2.64. The van der Waals surface area contributed by atoms with Crippen molar-refractivity contribution in [3.8, 4) is 17.2 Å². The minimum Gasteiger partial charge on any atom is -0.496 e. The second kappa shape index (κ2) is 7.59. The molecule has 0 aliphatic rings. The van der Waals surface area contributed by atoms with E-state index < -0.39 is 17.4 Å². The number of carbonyl (C=O) groups is 1. The highest BCUT2D eigenvalue weighted by molar-refractivity contribution is 6.07. The molecule has 0 radical (unpaired) electrons.